The summed E-state index contributed by atoms with van der Waals surface area (Å²) in [5.74, 6) is 0.900. The molecule has 0 spiro atoms. The normalized spacial score (nSPS) is 17.8. The summed E-state index contributed by atoms with van der Waals surface area (Å²) in [7, 11) is 0. The fourth-order valence-corrected chi connectivity index (χ4v) is 3.10. The molecule has 1 aliphatic heterocycles. The maximum Gasteiger partial charge on any atom is 0.272 e. The van der Waals surface area contributed by atoms with Gasteiger partial charge in [0, 0.05) is 25.5 Å². The Balaban J connectivity index is 1.78. The van der Waals surface area contributed by atoms with E-state index in [1.165, 1.54) is 0 Å². The number of nitriles is 1. The predicted molar refractivity (Wildman–Crippen MR) is 84.8 cm³/mol. The minimum Gasteiger partial charge on any atom is -0.335 e. The lowest BCUT2D eigenvalue weighted by atomic mass is 10.0. The molecule has 0 unspecified atom stereocenters. The molecule has 0 aromatic carbocycles. The molecule has 1 fully saturated rings. The van der Waals surface area contributed by atoms with E-state index in [2.05, 4.69) is 20.6 Å². The largest absolute Gasteiger partial charge is 0.335 e. The van der Waals surface area contributed by atoms with Crippen LogP contribution in [-0.2, 0) is 0 Å². The van der Waals surface area contributed by atoms with Crippen molar-refractivity contribution in [3.05, 3.63) is 47.3 Å². The van der Waals surface area contributed by atoms with Gasteiger partial charge in [0.1, 0.15) is 17.6 Å². The highest BCUT2D eigenvalue weighted by atomic mass is 16.2. The van der Waals surface area contributed by atoms with Crippen molar-refractivity contribution in [2.75, 3.05) is 13.1 Å². The molecule has 6 nitrogen and oxygen atoms in total. The number of imidazole rings is 1. The smallest absolute Gasteiger partial charge is 0.272 e. The highest BCUT2D eigenvalue weighted by Gasteiger charge is 2.26. The molecule has 0 N–H and O–H groups in total. The molecule has 0 saturated carbocycles. The molecule has 1 amide bonds. The fraction of sp³-hybridized carbons (Fsp3) is 0.412. The zero-order chi connectivity index (χ0) is 16.4. The summed E-state index contributed by atoms with van der Waals surface area (Å²) in [5.41, 5.74) is 1.51. The molecule has 2 aromatic heterocycles. The van der Waals surface area contributed by atoms with Gasteiger partial charge < -0.3 is 9.47 Å². The average molecular weight is 309 g/mol. The lowest BCUT2D eigenvalue weighted by molar-refractivity contribution is 0.0672. The summed E-state index contributed by atoms with van der Waals surface area (Å²) >= 11 is 0. The van der Waals surface area contributed by atoms with Crippen LogP contribution in [0.2, 0.25) is 0 Å². The number of aryl methyl sites for hydroxylation is 2. The Labute approximate surface area is 135 Å². The van der Waals surface area contributed by atoms with Crippen LogP contribution in [0.15, 0.2) is 24.5 Å². The first kappa shape index (κ1) is 15.2. The van der Waals surface area contributed by atoms with Crippen molar-refractivity contribution in [1.82, 2.24) is 19.4 Å². The van der Waals surface area contributed by atoms with E-state index in [9.17, 15) is 4.79 Å². The number of rotatable bonds is 2. The Morgan fingerprint density at radius 3 is 2.87 bits per heavy atom. The number of carbonyl (C=O) groups excluding carboxylic acids is 1. The minimum atomic E-state index is -0.0694. The molecule has 23 heavy (non-hydrogen) atoms. The maximum atomic E-state index is 12.7. The van der Waals surface area contributed by atoms with E-state index in [0.717, 1.165) is 25.2 Å². The number of piperidine rings is 1. The molecule has 118 valence electrons. The molecule has 0 aliphatic carbocycles. The van der Waals surface area contributed by atoms with Crippen LogP contribution in [0.3, 0.4) is 0 Å². The number of likely N-dealkylation sites (tertiary alicyclic amines) is 1. The predicted octanol–water partition coefficient (Wildman–Crippen LogP) is 2.24. The van der Waals surface area contributed by atoms with Crippen molar-refractivity contribution in [2.24, 2.45) is 0 Å². The first-order chi connectivity index (χ1) is 11.1. The molecule has 2 aromatic rings. The minimum absolute atomic E-state index is 0.0694. The van der Waals surface area contributed by atoms with Crippen molar-refractivity contribution >= 4 is 5.91 Å². The van der Waals surface area contributed by atoms with Crippen LogP contribution in [0.4, 0.5) is 0 Å². The lowest BCUT2D eigenvalue weighted by Crippen LogP contribution is -2.41. The third-order valence-corrected chi connectivity index (χ3v) is 4.36. The number of hydrogen-bond acceptors (Lipinski definition) is 4. The second kappa shape index (κ2) is 6.21. The van der Waals surface area contributed by atoms with E-state index in [1.807, 2.05) is 18.0 Å². The topological polar surface area (TPSA) is 74.8 Å². The first-order valence-electron chi connectivity index (χ1n) is 7.76. The monoisotopic (exact) mass is 309 g/mol. The number of amides is 1. The molecule has 3 heterocycles. The van der Waals surface area contributed by atoms with E-state index < -0.39 is 0 Å². The summed E-state index contributed by atoms with van der Waals surface area (Å²) in [6.07, 6.45) is 5.77. The Morgan fingerprint density at radius 1 is 1.39 bits per heavy atom. The van der Waals surface area contributed by atoms with E-state index in [1.54, 1.807) is 25.3 Å². The van der Waals surface area contributed by atoms with Gasteiger partial charge in [-0.3, -0.25) is 4.79 Å². The Kier molecular flexibility index (Phi) is 4.11. The van der Waals surface area contributed by atoms with E-state index in [4.69, 9.17) is 5.26 Å². The van der Waals surface area contributed by atoms with Gasteiger partial charge in [-0.2, -0.15) is 5.26 Å². The zero-order valence-corrected chi connectivity index (χ0v) is 13.4. The third kappa shape index (κ3) is 2.95. The van der Waals surface area contributed by atoms with Gasteiger partial charge in [0.25, 0.3) is 5.91 Å². The van der Waals surface area contributed by atoms with Gasteiger partial charge >= 0.3 is 0 Å². The van der Waals surface area contributed by atoms with Crippen molar-refractivity contribution in [3.8, 4) is 6.07 Å². The van der Waals surface area contributed by atoms with E-state index in [-0.39, 0.29) is 11.9 Å². The molecule has 0 bridgehead atoms. The molecule has 3 rings (SSSR count). The van der Waals surface area contributed by atoms with Crippen molar-refractivity contribution < 1.29 is 4.79 Å². The summed E-state index contributed by atoms with van der Waals surface area (Å²) in [6, 6.07) is 5.64. The second-order valence-electron chi connectivity index (χ2n) is 5.87. The van der Waals surface area contributed by atoms with Gasteiger partial charge in [-0.1, -0.05) is 0 Å². The quantitative estimate of drug-likeness (QED) is 0.852. The second-order valence-corrected chi connectivity index (χ2v) is 5.87. The van der Waals surface area contributed by atoms with E-state index in [0.29, 0.717) is 23.5 Å². The molecule has 0 radical (unpaired) electrons. The summed E-state index contributed by atoms with van der Waals surface area (Å²) in [5, 5.41) is 8.97. The zero-order valence-electron chi connectivity index (χ0n) is 13.4. The van der Waals surface area contributed by atoms with Crippen LogP contribution >= 0.6 is 0 Å². The molecule has 1 saturated heterocycles. The van der Waals surface area contributed by atoms with Crippen LogP contribution < -0.4 is 0 Å². The van der Waals surface area contributed by atoms with Crippen LogP contribution in [0, 0.1) is 25.2 Å². The maximum absolute atomic E-state index is 12.7. The highest BCUT2D eigenvalue weighted by Crippen LogP contribution is 2.23. The Morgan fingerprint density at radius 2 is 2.22 bits per heavy atom. The number of nitrogens with zero attached hydrogens (tertiary/aromatic N) is 5. The van der Waals surface area contributed by atoms with Gasteiger partial charge in [-0.05, 0) is 38.8 Å². The van der Waals surface area contributed by atoms with Crippen LogP contribution in [0.5, 0.6) is 0 Å². The molecule has 1 atom stereocenters. The van der Waals surface area contributed by atoms with Gasteiger partial charge in [0.05, 0.1) is 17.3 Å². The van der Waals surface area contributed by atoms with Gasteiger partial charge in [0.2, 0.25) is 0 Å². The van der Waals surface area contributed by atoms with Crippen LogP contribution in [0.1, 0.15) is 46.5 Å². The number of pyridine rings is 1. The third-order valence-electron chi connectivity index (χ3n) is 4.36. The summed E-state index contributed by atoms with van der Waals surface area (Å²) < 4.78 is 2.14. The van der Waals surface area contributed by atoms with E-state index >= 15 is 0 Å². The fourth-order valence-electron chi connectivity index (χ4n) is 3.10. The van der Waals surface area contributed by atoms with Crippen molar-refractivity contribution in [1.29, 1.82) is 5.26 Å². The standard InChI is InChI=1S/C17H19N5O/c1-12-14(10-18)5-6-16(20-12)17(23)21-8-3-4-15(11-21)22-9-7-19-13(22)2/h5-7,9,15H,3-4,8,11H2,1-2H3/t15-/m0/s1. The number of aromatic nitrogens is 3. The van der Waals surface area contributed by atoms with Gasteiger partial charge in [0.15, 0.2) is 0 Å². The van der Waals surface area contributed by atoms with Crippen LogP contribution in [0.25, 0.3) is 0 Å². The van der Waals surface area contributed by atoms with Gasteiger partial charge in [-0.15, -0.1) is 0 Å². The summed E-state index contributed by atoms with van der Waals surface area (Å²) in [6.45, 7) is 5.13. The average Bonchev–Trinajstić information content (AvgIpc) is 3.00. The molecular formula is C17H19N5O. The lowest BCUT2D eigenvalue weighted by Gasteiger charge is -2.33. The van der Waals surface area contributed by atoms with Crippen molar-refractivity contribution in [2.45, 2.75) is 32.7 Å². The highest BCUT2D eigenvalue weighted by molar-refractivity contribution is 5.92. The van der Waals surface area contributed by atoms with Gasteiger partial charge in [-0.25, -0.2) is 9.97 Å². The van der Waals surface area contributed by atoms with Crippen LogP contribution in [-0.4, -0.2) is 38.4 Å². The Bertz CT molecular complexity index is 774. The number of carbonyl (C=O) groups is 1. The SMILES string of the molecule is Cc1nc(C(=O)N2CCC[C@H](n3ccnc3C)C2)ccc1C#N. The summed E-state index contributed by atoms with van der Waals surface area (Å²) in [4.78, 5) is 23.1. The molecule has 1 aliphatic rings. The number of hydrogen-bond donors (Lipinski definition) is 0. The Hall–Kier alpha value is -2.68. The molecule has 6 heteroatoms. The van der Waals surface area contributed by atoms with Crippen molar-refractivity contribution in [3.63, 3.8) is 0 Å². The first-order valence-corrected chi connectivity index (χ1v) is 7.76. The molecular weight excluding hydrogens is 290 g/mol.